The highest BCUT2D eigenvalue weighted by Crippen LogP contribution is 2.64. The lowest BCUT2D eigenvalue weighted by molar-refractivity contribution is -0.385. The number of hydrogen-bond acceptors (Lipinski definition) is 10. The van der Waals surface area contributed by atoms with Crippen molar-refractivity contribution in [3.63, 3.8) is 0 Å². The summed E-state index contributed by atoms with van der Waals surface area (Å²) in [6.07, 6.45) is -1.93. The van der Waals surface area contributed by atoms with E-state index in [2.05, 4.69) is 0 Å². The van der Waals surface area contributed by atoms with Gasteiger partial charge in [0.2, 0.25) is 0 Å². The van der Waals surface area contributed by atoms with Crippen molar-refractivity contribution < 1.29 is 24.9 Å². The minimum absolute atomic E-state index is 0.0549. The molecule has 36 heavy (non-hydrogen) atoms. The van der Waals surface area contributed by atoms with E-state index in [9.17, 15) is 35.2 Å². The number of benzene rings is 2. The molecule has 5 rings (SSSR count). The van der Waals surface area contributed by atoms with Gasteiger partial charge in [0.25, 0.3) is 11.4 Å². The quantitative estimate of drug-likeness (QED) is 0.446. The average Bonchev–Trinajstić information content (AvgIpc) is 3.35. The van der Waals surface area contributed by atoms with Crippen LogP contribution in [-0.2, 0) is 4.79 Å². The number of aliphatic hydroxyl groups excluding tert-OH is 2. The second kappa shape index (κ2) is 9.10. The molecule has 6 atom stereocenters. The summed E-state index contributed by atoms with van der Waals surface area (Å²) in [6, 6.07) is 12.2. The Labute approximate surface area is 215 Å². The first kappa shape index (κ1) is 25.2. The molecular formula is C24H25N3O7S2. The van der Waals surface area contributed by atoms with Gasteiger partial charge < -0.3 is 15.1 Å². The largest absolute Gasteiger partial charge is 0.391 e. The van der Waals surface area contributed by atoms with E-state index in [1.807, 2.05) is 11.9 Å². The number of likely N-dealkylation sites (tertiary alicyclic amines) is 1. The summed E-state index contributed by atoms with van der Waals surface area (Å²) in [4.78, 5) is 38.0. The van der Waals surface area contributed by atoms with E-state index in [1.165, 1.54) is 47.8 Å². The maximum absolute atomic E-state index is 14.7. The summed E-state index contributed by atoms with van der Waals surface area (Å²) in [7, 11) is 1.86. The number of ketones is 1. The number of carbonyl (C=O) groups excluding carboxylic acids is 1. The van der Waals surface area contributed by atoms with E-state index in [4.69, 9.17) is 0 Å². The molecule has 3 fully saturated rings. The van der Waals surface area contributed by atoms with E-state index in [1.54, 1.807) is 24.3 Å². The molecular weight excluding hydrogens is 506 g/mol. The molecule has 0 bridgehead atoms. The number of nitrogens with zero attached hydrogens (tertiary/aromatic N) is 3. The van der Waals surface area contributed by atoms with Gasteiger partial charge in [0.15, 0.2) is 5.78 Å². The molecule has 0 radical (unpaired) electrons. The maximum atomic E-state index is 14.7. The van der Waals surface area contributed by atoms with Crippen LogP contribution in [0.1, 0.15) is 21.6 Å². The Balaban J connectivity index is 1.59. The summed E-state index contributed by atoms with van der Waals surface area (Å²) in [5, 5.41) is 44.0. The Hall–Kier alpha value is -2.51. The van der Waals surface area contributed by atoms with Crippen LogP contribution in [0.5, 0.6) is 0 Å². The zero-order valence-corrected chi connectivity index (χ0v) is 21.0. The molecule has 6 unspecified atom stereocenters. The third-order valence-electron chi connectivity index (χ3n) is 7.69. The number of rotatable bonds is 4. The second-order valence-corrected chi connectivity index (χ2v) is 12.0. The second-order valence-electron chi connectivity index (χ2n) is 9.74. The van der Waals surface area contributed by atoms with Crippen LogP contribution in [0.3, 0.4) is 0 Å². The first-order valence-electron chi connectivity index (χ1n) is 11.4. The minimum Gasteiger partial charge on any atom is -0.391 e. The van der Waals surface area contributed by atoms with Gasteiger partial charge in [0, 0.05) is 59.4 Å². The number of piperidine rings is 1. The Morgan fingerprint density at radius 1 is 0.806 bits per heavy atom. The van der Waals surface area contributed by atoms with Gasteiger partial charge in [-0.25, -0.2) is 0 Å². The molecule has 190 valence electrons. The third kappa shape index (κ3) is 3.66. The van der Waals surface area contributed by atoms with Gasteiger partial charge in [-0.1, -0.05) is 24.3 Å². The standard InChI is InChI=1S/C24H25N3O7S2/c1-25-12-23(18(28)10-35-20(23)14-2-6-16(7-3-14)26(31)32)22(30)24(13-25)19(29)11-36-21(24)15-4-8-17(9-5-15)27(33)34/h2-9,18-21,28-29H,10-13H2,1H3. The number of carbonyl (C=O) groups is 1. The van der Waals surface area contributed by atoms with E-state index < -0.39 is 43.4 Å². The number of aliphatic hydroxyl groups is 2. The highest BCUT2D eigenvalue weighted by molar-refractivity contribution is 8.00. The van der Waals surface area contributed by atoms with Crippen LogP contribution in [0.4, 0.5) is 11.4 Å². The number of thioether (sulfide) groups is 2. The van der Waals surface area contributed by atoms with Crippen LogP contribution < -0.4 is 0 Å². The number of Topliss-reactive ketones (excluding diaryl/α,β-unsaturated/α-hetero) is 1. The van der Waals surface area contributed by atoms with E-state index in [0.717, 1.165) is 0 Å². The smallest absolute Gasteiger partial charge is 0.269 e. The van der Waals surface area contributed by atoms with Crippen molar-refractivity contribution in [1.82, 2.24) is 4.90 Å². The summed E-state index contributed by atoms with van der Waals surface area (Å²) < 4.78 is 0. The fourth-order valence-electron chi connectivity index (χ4n) is 6.09. The number of nitro groups is 2. The number of hydrogen-bond donors (Lipinski definition) is 2. The predicted octanol–water partition coefficient (Wildman–Crippen LogP) is 2.99. The molecule has 12 heteroatoms. The molecule has 3 aliphatic heterocycles. The first-order valence-corrected chi connectivity index (χ1v) is 13.5. The molecule has 0 saturated carbocycles. The summed E-state index contributed by atoms with van der Waals surface area (Å²) >= 11 is 2.89. The molecule has 0 aliphatic carbocycles. The van der Waals surface area contributed by atoms with Gasteiger partial charge in [0.1, 0.15) is 0 Å². The third-order valence-corrected chi connectivity index (χ3v) is 10.8. The Bertz CT molecular complexity index is 1120. The van der Waals surface area contributed by atoms with Crippen molar-refractivity contribution in [2.45, 2.75) is 22.7 Å². The van der Waals surface area contributed by atoms with Gasteiger partial charge in [-0.15, -0.1) is 23.5 Å². The van der Waals surface area contributed by atoms with E-state index >= 15 is 0 Å². The number of non-ortho nitro benzene ring substituents is 2. The zero-order valence-electron chi connectivity index (χ0n) is 19.4. The summed E-state index contributed by atoms with van der Waals surface area (Å²) in [5.74, 6) is 0.431. The van der Waals surface area contributed by atoms with Crippen molar-refractivity contribution in [3.8, 4) is 0 Å². The molecule has 3 heterocycles. The Morgan fingerprint density at radius 3 is 1.50 bits per heavy atom. The van der Waals surface area contributed by atoms with E-state index in [0.29, 0.717) is 22.6 Å². The highest BCUT2D eigenvalue weighted by atomic mass is 32.2. The van der Waals surface area contributed by atoms with Gasteiger partial charge >= 0.3 is 0 Å². The molecule has 2 N–H and O–H groups in total. The minimum atomic E-state index is -1.22. The molecule has 2 aromatic rings. The Morgan fingerprint density at radius 2 is 1.17 bits per heavy atom. The van der Waals surface area contributed by atoms with Crippen LogP contribution in [0.25, 0.3) is 0 Å². The molecule has 2 spiro atoms. The van der Waals surface area contributed by atoms with Crippen LogP contribution in [0.15, 0.2) is 48.5 Å². The van der Waals surface area contributed by atoms with Crippen molar-refractivity contribution >= 4 is 40.7 Å². The normalized spacial score (nSPS) is 34.5. The van der Waals surface area contributed by atoms with Crippen LogP contribution in [0.2, 0.25) is 0 Å². The molecule has 3 saturated heterocycles. The van der Waals surface area contributed by atoms with Crippen molar-refractivity contribution in [2.24, 2.45) is 10.8 Å². The molecule has 10 nitrogen and oxygen atoms in total. The Kier molecular flexibility index (Phi) is 6.36. The monoisotopic (exact) mass is 531 g/mol. The predicted molar refractivity (Wildman–Crippen MR) is 136 cm³/mol. The van der Waals surface area contributed by atoms with Gasteiger partial charge in [-0.2, -0.15) is 0 Å². The van der Waals surface area contributed by atoms with Crippen LogP contribution in [-0.4, -0.2) is 74.6 Å². The molecule has 0 aromatic heterocycles. The first-order chi connectivity index (χ1) is 17.1. The van der Waals surface area contributed by atoms with E-state index in [-0.39, 0.29) is 30.2 Å². The van der Waals surface area contributed by atoms with Crippen molar-refractivity contribution in [1.29, 1.82) is 0 Å². The van der Waals surface area contributed by atoms with Crippen LogP contribution >= 0.6 is 23.5 Å². The fourth-order valence-corrected chi connectivity index (χ4v) is 9.41. The summed E-state index contributed by atoms with van der Waals surface area (Å²) in [6.45, 7) is 0.571. The zero-order chi connectivity index (χ0) is 25.8. The van der Waals surface area contributed by atoms with Crippen molar-refractivity contribution in [3.05, 3.63) is 79.9 Å². The average molecular weight is 532 g/mol. The SMILES string of the molecule is CN1CC2(C(=O)C3(C1)C(O)CSC3c1ccc([N+](=O)[O-])cc1)C(O)CSC2c1ccc([N+](=O)[O-])cc1. The summed E-state index contributed by atoms with van der Waals surface area (Å²) in [5.41, 5.74) is -1.13. The lowest BCUT2D eigenvalue weighted by Gasteiger charge is -2.53. The lowest BCUT2D eigenvalue weighted by Crippen LogP contribution is -2.66. The lowest BCUT2D eigenvalue weighted by atomic mass is 9.58. The topological polar surface area (TPSA) is 147 Å². The maximum Gasteiger partial charge on any atom is 0.269 e. The van der Waals surface area contributed by atoms with Gasteiger partial charge in [0.05, 0.1) is 32.9 Å². The molecule has 2 aromatic carbocycles. The molecule has 3 aliphatic rings. The molecule has 0 amide bonds. The van der Waals surface area contributed by atoms with Crippen molar-refractivity contribution in [2.75, 3.05) is 31.6 Å². The fraction of sp³-hybridized carbons (Fsp3) is 0.458. The van der Waals surface area contributed by atoms with Gasteiger partial charge in [-0.3, -0.25) is 25.0 Å². The highest BCUT2D eigenvalue weighted by Gasteiger charge is 2.69. The number of nitro benzene ring substituents is 2. The van der Waals surface area contributed by atoms with Gasteiger partial charge in [-0.05, 0) is 18.2 Å². The van der Waals surface area contributed by atoms with Crippen LogP contribution in [0, 0.1) is 31.1 Å².